The maximum absolute atomic E-state index is 10.7. The van der Waals surface area contributed by atoms with Crippen LogP contribution in [0.3, 0.4) is 0 Å². The Morgan fingerprint density at radius 1 is 1.09 bits per heavy atom. The van der Waals surface area contributed by atoms with Crippen molar-refractivity contribution in [1.29, 1.82) is 0 Å². The molecule has 0 bridgehead atoms. The first-order valence-corrected chi connectivity index (χ1v) is 13.1. The number of nitrogens with zero attached hydrogens (tertiary/aromatic N) is 4. The summed E-state index contributed by atoms with van der Waals surface area (Å²) < 4.78 is 5.30. The van der Waals surface area contributed by atoms with E-state index in [4.69, 9.17) is 9.36 Å². The van der Waals surface area contributed by atoms with Crippen LogP contribution >= 0.6 is 0 Å². The van der Waals surface area contributed by atoms with E-state index in [1.165, 1.54) is 44.2 Å². The van der Waals surface area contributed by atoms with E-state index in [9.17, 15) is 5.11 Å². The van der Waals surface area contributed by atoms with Gasteiger partial charge in [0.25, 0.3) is 0 Å². The number of rotatable bonds is 6. The van der Waals surface area contributed by atoms with E-state index in [-0.39, 0.29) is 11.5 Å². The van der Waals surface area contributed by atoms with Crippen molar-refractivity contribution < 1.29 is 14.5 Å². The number of aromatic nitrogens is 2. The first-order chi connectivity index (χ1) is 15.8. The molecule has 1 heterocycles. The van der Waals surface area contributed by atoms with E-state index in [2.05, 4.69) is 29.1 Å². The molecule has 0 radical (unpaired) electrons. The maximum atomic E-state index is 10.7. The molecule has 7 atom stereocenters. The monoisotopic (exact) mass is 458 g/mol. The van der Waals surface area contributed by atoms with E-state index >= 15 is 0 Å². The van der Waals surface area contributed by atoms with Crippen LogP contribution < -0.4 is 0 Å². The molecule has 1 N–H and O–H groups in total. The van der Waals surface area contributed by atoms with Crippen molar-refractivity contribution in [3.8, 4) is 0 Å². The van der Waals surface area contributed by atoms with Crippen molar-refractivity contribution in [2.45, 2.75) is 90.7 Å². The average Bonchev–Trinajstić information content (AvgIpc) is 3.34. The summed E-state index contributed by atoms with van der Waals surface area (Å²) in [6, 6.07) is 0. The molecular weight excluding hydrogens is 416 g/mol. The Morgan fingerprint density at radius 2 is 1.91 bits per heavy atom. The van der Waals surface area contributed by atoms with Crippen LogP contribution in [0, 0.1) is 34.5 Å². The van der Waals surface area contributed by atoms with Gasteiger partial charge in [-0.05, 0) is 106 Å². The third-order valence-corrected chi connectivity index (χ3v) is 10.0. The van der Waals surface area contributed by atoms with Gasteiger partial charge in [-0.2, -0.15) is 4.98 Å². The van der Waals surface area contributed by atoms with Gasteiger partial charge in [-0.15, -0.1) is 0 Å². The van der Waals surface area contributed by atoms with Gasteiger partial charge in [0, 0.05) is 0 Å². The van der Waals surface area contributed by atoms with Crippen LogP contribution in [0.4, 0.5) is 0 Å². The molecule has 0 amide bonds. The normalized spacial score (nSPS) is 41.6. The molecule has 7 nitrogen and oxygen atoms in total. The Morgan fingerprint density at radius 3 is 2.73 bits per heavy atom. The van der Waals surface area contributed by atoms with Crippen LogP contribution in [0.2, 0.25) is 0 Å². The lowest BCUT2D eigenvalue weighted by molar-refractivity contribution is -0.112. The van der Waals surface area contributed by atoms with Crippen molar-refractivity contribution in [1.82, 2.24) is 15.0 Å². The second-order valence-electron chi connectivity index (χ2n) is 12.1. The predicted molar refractivity (Wildman–Crippen MR) is 127 cm³/mol. The third kappa shape index (κ3) is 4.24. The maximum Gasteiger partial charge on any atom is 0.230 e. The molecule has 4 saturated carbocycles. The van der Waals surface area contributed by atoms with E-state index in [1.54, 1.807) is 0 Å². The summed E-state index contributed by atoms with van der Waals surface area (Å²) in [7, 11) is 3.97. The fourth-order valence-corrected chi connectivity index (χ4v) is 8.12. The standard InChI is InChI=1S/C26H42N4O3/c1-25-12-9-18(28-32-14-11-24-27-23(29-33-24)16-30(3)4)15-17(25)5-6-19-20-7-8-22(31)26(20,2)13-10-21(19)25/h17,19-22,31H,5-16H2,1-4H3/t17?,19?,20?,21?,22-,25-,26-/m0/s1. The highest BCUT2D eigenvalue weighted by Gasteiger charge is 2.59. The molecule has 1 aromatic rings. The van der Waals surface area contributed by atoms with E-state index in [1.807, 2.05) is 19.0 Å². The molecule has 5 rings (SSSR count). The van der Waals surface area contributed by atoms with Crippen molar-refractivity contribution in [2.75, 3.05) is 20.7 Å². The molecule has 0 aromatic carbocycles. The highest BCUT2D eigenvalue weighted by Crippen LogP contribution is 2.65. The fraction of sp³-hybridized carbons (Fsp3) is 0.885. The van der Waals surface area contributed by atoms with Gasteiger partial charge in [-0.25, -0.2) is 0 Å². The molecular formula is C26H42N4O3. The van der Waals surface area contributed by atoms with Gasteiger partial charge in [-0.1, -0.05) is 24.2 Å². The van der Waals surface area contributed by atoms with E-state index in [0.29, 0.717) is 36.7 Å². The predicted octanol–water partition coefficient (Wildman–Crippen LogP) is 4.45. The summed E-state index contributed by atoms with van der Waals surface area (Å²) in [6.45, 7) is 6.10. The van der Waals surface area contributed by atoms with Crippen molar-refractivity contribution >= 4 is 5.71 Å². The zero-order chi connectivity index (χ0) is 23.2. The molecule has 1 aromatic heterocycles. The zero-order valence-electron chi connectivity index (χ0n) is 20.9. The van der Waals surface area contributed by atoms with Gasteiger partial charge >= 0.3 is 0 Å². The van der Waals surface area contributed by atoms with Gasteiger partial charge in [-0.3, -0.25) is 0 Å². The fourth-order valence-electron chi connectivity index (χ4n) is 8.12. The Labute approximate surface area is 198 Å². The SMILES string of the molecule is CN(C)Cc1noc(CCON=C2CC[C@@]3(C)C(CCC4C3CC[C@@]3(C)C4CC[C@@H]3O)C2)n1. The van der Waals surface area contributed by atoms with Crippen molar-refractivity contribution in [3.63, 3.8) is 0 Å². The van der Waals surface area contributed by atoms with Crippen LogP contribution in [-0.2, 0) is 17.8 Å². The number of hydrogen-bond donors (Lipinski definition) is 1. The lowest BCUT2D eigenvalue weighted by Gasteiger charge is -2.60. The summed E-state index contributed by atoms with van der Waals surface area (Å²) in [4.78, 5) is 12.1. The minimum Gasteiger partial charge on any atom is -0.395 e. The van der Waals surface area contributed by atoms with Crippen LogP contribution in [0.25, 0.3) is 0 Å². The first-order valence-electron chi connectivity index (χ1n) is 13.1. The van der Waals surface area contributed by atoms with E-state index < -0.39 is 0 Å². The average molecular weight is 459 g/mol. The van der Waals surface area contributed by atoms with Crippen molar-refractivity contribution in [3.05, 3.63) is 11.7 Å². The Balaban J connectivity index is 1.15. The van der Waals surface area contributed by atoms with Gasteiger partial charge < -0.3 is 19.4 Å². The third-order valence-electron chi connectivity index (χ3n) is 10.0. The Kier molecular flexibility index (Phi) is 6.32. The summed E-state index contributed by atoms with van der Waals surface area (Å²) in [5.41, 5.74) is 1.82. The number of aliphatic hydroxyl groups is 1. The van der Waals surface area contributed by atoms with Crippen LogP contribution in [-0.4, -0.2) is 52.7 Å². The molecule has 4 fully saturated rings. The summed E-state index contributed by atoms with van der Waals surface area (Å²) in [6.07, 6.45) is 11.3. The second-order valence-corrected chi connectivity index (χ2v) is 12.1. The number of hydrogen-bond acceptors (Lipinski definition) is 7. The van der Waals surface area contributed by atoms with Gasteiger partial charge in [0.1, 0.15) is 6.61 Å². The van der Waals surface area contributed by atoms with Crippen LogP contribution in [0.15, 0.2) is 9.68 Å². The Hall–Kier alpha value is -1.47. The smallest absolute Gasteiger partial charge is 0.230 e. The highest BCUT2D eigenvalue weighted by atomic mass is 16.6. The summed E-state index contributed by atoms with van der Waals surface area (Å²) in [5.74, 6) is 4.39. The molecule has 4 unspecified atom stereocenters. The largest absolute Gasteiger partial charge is 0.395 e. The second kappa shape index (κ2) is 8.95. The molecule has 0 saturated heterocycles. The first kappa shape index (κ1) is 23.3. The number of oxime groups is 1. The minimum atomic E-state index is -0.0806. The highest BCUT2D eigenvalue weighted by molar-refractivity contribution is 5.85. The Bertz CT molecular complexity index is 869. The molecule has 184 valence electrons. The molecule has 0 spiro atoms. The molecule has 7 heteroatoms. The van der Waals surface area contributed by atoms with E-state index in [0.717, 1.165) is 42.9 Å². The quantitative estimate of drug-likeness (QED) is 0.501. The number of fused-ring (bicyclic) bond motifs is 5. The van der Waals surface area contributed by atoms with Crippen molar-refractivity contribution in [2.24, 2.45) is 39.7 Å². The zero-order valence-corrected chi connectivity index (χ0v) is 20.9. The van der Waals surface area contributed by atoms with Crippen LogP contribution in [0.1, 0.15) is 83.3 Å². The molecule has 4 aliphatic rings. The molecule has 0 aliphatic heterocycles. The van der Waals surface area contributed by atoms with Crippen LogP contribution in [0.5, 0.6) is 0 Å². The lowest BCUT2D eigenvalue weighted by atomic mass is 9.45. The van der Waals surface area contributed by atoms with Gasteiger partial charge in [0.2, 0.25) is 5.89 Å². The minimum absolute atomic E-state index is 0.0806. The molecule has 33 heavy (non-hydrogen) atoms. The topological polar surface area (TPSA) is 84.0 Å². The van der Waals surface area contributed by atoms with Gasteiger partial charge in [0.05, 0.1) is 24.8 Å². The molecule has 4 aliphatic carbocycles. The van der Waals surface area contributed by atoms with Gasteiger partial charge in [0.15, 0.2) is 5.82 Å². The summed E-state index contributed by atoms with van der Waals surface area (Å²) in [5, 5.41) is 19.2. The summed E-state index contributed by atoms with van der Waals surface area (Å²) >= 11 is 0. The number of aliphatic hydroxyl groups excluding tert-OH is 1. The lowest BCUT2D eigenvalue weighted by Crippen LogP contribution is -2.54.